The fraction of sp³-hybridized carbons (Fsp3) is 0.588. The average Bonchev–Trinajstić information content (AvgIpc) is 3.03. The van der Waals surface area contributed by atoms with Crippen LogP contribution >= 0.6 is 0 Å². The first-order valence-electron chi connectivity index (χ1n) is 7.95. The number of carboxylic acids is 1. The minimum absolute atomic E-state index is 0.519. The minimum atomic E-state index is -1.09. The summed E-state index contributed by atoms with van der Waals surface area (Å²) in [7, 11) is 0. The third kappa shape index (κ3) is 3.42. The number of hydrogen-bond acceptors (Lipinski definition) is 4. The molecule has 2 fully saturated rings. The van der Waals surface area contributed by atoms with Crippen molar-refractivity contribution in [1.82, 2.24) is 4.90 Å². The molecule has 5 heteroatoms. The molecule has 5 nitrogen and oxygen atoms in total. The van der Waals surface area contributed by atoms with Crippen LogP contribution in [0.5, 0.6) is 5.75 Å². The monoisotopic (exact) mass is 305 g/mol. The van der Waals surface area contributed by atoms with E-state index < -0.39 is 11.6 Å². The van der Waals surface area contributed by atoms with Gasteiger partial charge >= 0.3 is 5.97 Å². The molecule has 0 bridgehead atoms. The van der Waals surface area contributed by atoms with E-state index in [1.54, 1.807) is 0 Å². The molecule has 2 aliphatic rings. The van der Waals surface area contributed by atoms with Crippen molar-refractivity contribution >= 4 is 5.97 Å². The topological polar surface area (TPSA) is 59.0 Å². The Kier molecular flexibility index (Phi) is 4.64. The zero-order valence-corrected chi connectivity index (χ0v) is 12.7. The summed E-state index contributed by atoms with van der Waals surface area (Å²) in [5.74, 6) is 0.357. The van der Waals surface area contributed by atoms with Gasteiger partial charge in [0.25, 0.3) is 0 Å². The minimum Gasteiger partial charge on any atom is -0.478 e. The number of hydrogen-bond donors (Lipinski definition) is 1. The normalized spacial score (nSPS) is 25.0. The van der Waals surface area contributed by atoms with Gasteiger partial charge in [0, 0.05) is 39.1 Å². The predicted octanol–water partition coefficient (Wildman–Crippen LogP) is 2.02. The summed E-state index contributed by atoms with van der Waals surface area (Å²) >= 11 is 0. The first kappa shape index (κ1) is 15.3. The van der Waals surface area contributed by atoms with E-state index in [-0.39, 0.29) is 0 Å². The molecule has 1 N–H and O–H groups in total. The van der Waals surface area contributed by atoms with E-state index in [0.29, 0.717) is 24.5 Å². The second-order valence-electron chi connectivity index (χ2n) is 6.24. The average molecular weight is 305 g/mol. The highest BCUT2D eigenvalue weighted by atomic mass is 16.5. The van der Waals surface area contributed by atoms with Crippen LogP contribution in [-0.4, -0.2) is 54.4 Å². The number of ether oxygens (including phenoxy) is 2. The third-order valence-corrected chi connectivity index (χ3v) is 4.65. The van der Waals surface area contributed by atoms with Crippen molar-refractivity contribution in [3.05, 3.63) is 30.3 Å². The molecule has 22 heavy (non-hydrogen) atoms. The van der Waals surface area contributed by atoms with Crippen LogP contribution < -0.4 is 4.74 Å². The largest absolute Gasteiger partial charge is 0.478 e. The predicted molar refractivity (Wildman–Crippen MR) is 82.0 cm³/mol. The van der Waals surface area contributed by atoms with Gasteiger partial charge < -0.3 is 19.5 Å². The van der Waals surface area contributed by atoms with Gasteiger partial charge in [-0.15, -0.1) is 0 Å². The van der Waals surface area contributed by atoms with Crippen LogP contribution in [-0.2, 0) is 9.53 Å². The summed E-state index contributed by atoms with van der Waals surface area (Å²) in [6, 6.07) is 9.24. The van der Waals surface area contributed by atoms with Gasteiger partial charge in [0.05, 0.1) is 6.61 Å². The van der Waals surface area contributed by atoms with Gasteiger partial charge in [-0.2, -0.15) is 0 Å². The summed E-state index contributed by atoms with van der Waals surface area (Å²) in [6.45, 7) is 4.21. The van der Waals surface area contributed by atoms with Crippen molar-refractivity contribution in [2.24, 2.45) is 5.92 Å². The number of para-hydroxylation sites is 1. The first-order chi connectivity index (χ1) is 10.7. The Balaban J connectivity index is 1.60. The molecule has 3 rings (SSSR count). The molecular formula is C17H23NO4. The van der Waals surface area contributed by atoms with Crippen LogP contribution in [0.4, 0.5) is 0 Å². The summed E-state index contributed by atoms with van der Waals surface area (Å²) in [6.07, 6.45) is 2.15. The molecule has 2 aliphatic heterocycles. The molecule has 2 heterocycles. The lowest BCUT2D eigenvalue weighted by Gasteiger charge is -2.39. The molecule has 0 aromatic heterocycles. The van der Waals surface area contributed by atoms with Gasteiger partial charge in [-0.1, -0.05) is 18.2 Å². The zero-order valence-electron chi connectivity index (χ0n) is 12.7. The number of carboxylic acid groups (broad SMARTS) is 1. The van der Waals surface area contributed by atoms with Crippen LogP contribution in [0.1, 0.15) is 19.3 Å². The second kappa shape index (κ2) is 6.67. The van der Waals surface area contributed by atoms with Crippen LogP contribution in [0.25, 0.3) is 0 Å². The number of nitrogens with zero attached hydrogens (tertiary/aromatic N) is 1. The highest BCUT2D eigenvalue weighted by Gasteiger charge is 2.44. The van der Waals surface area contributed by atoms with Crippen molar-refractivity contribution in [2.75, 3.05) is 32.8 Å². The Bertz CT molecular complexity index is 491. The summed E-state index contributed by atoms with van der Waals surface area (Å²) < 4.78 is 11.3. The zero-order chi connectivity index (χ0) is 15.4. The molecule has 1 unspecified atom stereocenters. The highest BCUT2D eigenvalue weighted by Crippen LogP contribution is 2.30. The SMILES string of the molecule is O=C(O)C1(Oc2ccccc2)CCN(CC2CCOC2)CC1. The van der Waals surface area contributed by atoms with E-state index >= 15 is 0 Å². The molecule has 0 radical (unpaired) electrons. The Hall–Kier alpha value is -1.59. The van der Waals surface area contributed by atoms with Crippen LogP contribution in [0.15, 0.2) is 30.3 Å². The van der Waals surface area contributed by atoms with E-state index in [2.05, 4.69) is 4.90 Å². The summed E-state index contributed by atoms with van der Waals surface area (Å²) in [4.78, 5) is 14.1. The second-order valence-corrected chi connectivity index (χ2v) is 6.24. The molecule has 1 aromatic carbocycles. The molecule has 1 aromatic rings. The van der Waals surface area contributed by atoms with Gasteiger partial charge in [0.2, 0.25) is 5.60 Å². The molecule has 120 valence electrons. The number of carbonyl (C=O) groups is 1. The Morgan fingerprint density at radius 1 is 1.32 bits per heavy atom. The van der Waals surface area contributed by atoms with Gasteiger partial charge in [-0.05, 0) is 24.5 Å². The summed E-state index contributed by atoms with van der Waals surface area (Å²) in [5, 5.41) is 9.66. The number of piperidine rings is 1. The lowest BCUT2D eigenvalue weighted by Crippen LogP contribution is -2.53. The van der Waals surface area contributed by atoms with Crippen LogP contribution in [0.2, 0.25) is 0 Å². The maximum Gasteiger partial charge on any atom is 0.348 e. The third-order valence-electron chi connectivity index (χ3n) is 4.65. The van der Waals surface area contributed by atoms with E-state index in [4.69, 9.17) is 9.47 Å². The standard InChI is InChI=1S/C17H23NO4/c19-16(20)17(22-15-4-2-1-3-5-15)7-9-18(10-8-17)12-14-6-11-21-13-14/h1-5,14H,6-13H2,(H,19,20). The Morgan fingerprint density at radius 2 is 2.05 bits per heavy atom. The van der Waals surface area contributed by atoms with E-state index in [0.717, 1.165) is 39.3 Å². The first-order valence-corrected chi connectivity index (χ1v) is 7.95. The molecule has 0 spiro atoms. The van der Waals surface area contributed by atoms with E-state index in [1.807, 2.05) is 30.3 Å². The Labute approximate surface area is 130 Å². The highest BCUT2D eigenvalue weighted by molar-refractivity contribution is 5.78. The quantitative estimate of drug-likeness (QED) is 0.902. The maximum absolute atomic E-state index is 11.8. The lowest BCUT2D eigenvalue weighted by atomic mass is 9.90. The van der Waals surface area contributed by atoms with E-state index in [1.165, 1.54) is 0 Å². The van der Waals surface area contributed by atoms with Crippen molar-refractivity contribution in [3.8, 4) is 5.75 Å². The smallest absolute Gasteiger partial charge is 0.348 e. The number of rotatable bonds is 5. The van der Waals surface area contributed by atoms with Crippen molar-refractivity contribution in [1.29, 1.82) is 0 Å². The number of likely N-dealkylation sites (tertiary alicyclic amines) is 1. The fourth-order valence-electron chi connectivity index (χ4n) is 3.26. The molecular weight excluding hydrogens is 282 g/mol. The maximum atomic E-state index is 11.8. The molecule has 2 saturated heterocycles. The van der Waals surface area contributed by atoms with Gasteiger partial charge in [0.15, 0.2) is 0 Å². The van der Waals surface area contributed by atoms with Gasteiger partial charge in [0.1, 0.15) is 5.75 Å². The van der Waals surface area contributed by atoms with Crippen molar-refractivity contribution in [2.45, 2.75) is 24.9 Å². The molecule has 0 saturated carbocycles. The van der Waals surface area contributed by atoms with Gasteiger partial charge in [-0.25, -0.2) is 4.79 Å². The number of benzene rings is 1. The van der Waals surface area contributed by atoms with Crippen molar-refractivity contribution in [3.63, 3.8) is 0 Å². The molecule has 1 atom stereocenters. The van der Waals surface area contributed by atoms with Gasteiger partial charge in [-0.3, -0.25) is 0 Å². The van der Waals surface area contributed by atoms with Crippen LogP contribution in [0.3, 0.4) is 0 Å². The number of aliphatic carboxylic acids is 1. The molecule has 0 amide bonds. The summed E-state index contributed by atoms with van der Waals surface area (Å²) in [5.41, 5.74) is -1.09. The van der Waals surface area contributed by atoms with Crippen LogP contribution in [0, 0.1) is 5.92 Å². The van der Waals surface area contributed by atoms with E-state index in [9.17, 15) is 9.90 Å². The van der Waals surface area contributed by atoms with Crippen molar-refractivity contribution < 1.29 is 19.4 Å². The fourth-order valence-corrected chi connectivity index (χ4v) is 3.26. The lowest BCUT2D eigenvalue weighted by molar-refractivity contribution is -0.159. The molecule has 0 aliphatic carbocycles. The Morgan fingerprint density at radius 3 is 2.64 bits per heavy atom.